The number of carbonyl (C=O) groups is 3. The second-order valence-electron chi connectivity index (χ2n) is 7.50. The zero-order valence-corrected chi connectivity index (χ0v) is 15.5. The van der Waals surface area contributed by atoms with Crippen LogP contribution in [-0.2, 0) is 19.4 Å². The molecule has 0 bridgehead atoms. The van der Waals surface area contributed by atoms with E-state index < -0.39 is 27.3 Å². The van der Waals surface area contributed by atoms with E-state index in [-0.39, 0.29) is 35.9 Å². The van der Waals surface area contributed by atoms with Gasteiger partial charge in [-0.1, -0.05) is 19.8 Å². The van der Waals surface area contributed by atoms with E-state index in [1.54, 1.807) is 0 Å². The predicted molar refractivity (Wildman–Crippen MR) is 90.4 cm³/mol. The van der Waals surface area contributed by atoms with Crippen LogP contribution in [0.4, 0.5) is 4.79 Å². The third-order valence-electron chi connectivity index (χ3n) is 5.94. The molecule has 0 aromatic heterocycles. The predicted octanol–water partition coefficient (Wildman–Crippen LogP) is 0.133. The van der Waals surface area contributed by atoms with Crippen molar-refractivity contribution in [3.05, 3.63) is 0 Å². The Morgan fingerprint density at radius 3 is 2.64 bits per heavy atom. The SMILES string of the molecule is C[C@@H]1CCCC[C@@]12NC(=O)N(CC(=O)N(C)[C@@H]1CCS(=O)(=O)C1)C2=O. The monoisotopic (exact) mass is 371 g/mol. The summed E-state index contributed by atoms with van der Waals surface area (Å²) in [6, 6.07) is -0.916. The molecule has 2 saturated heterocycles. The lowest BCUT2D eigenvalue weighted by molar-refractivity contribution is -0.140. The Labute approximate surface area is 147 Å². The van der Waals surface area contributed by atoms with Crippen molar-refractivity contribution in [3.63, 3.8) is 0 Å². The van der Waals surface area contributed by atoms with E-state index in [2.05, 4.69) is 5.32 Å². The number of rotatable bonds is 3. The van der Waals surface area contributed by atoms with Crippen LogP contribution in [0.1, 0.15) is 39.0 Å². The Kier molecular flexibility index (Phi) is 4.55. The van der Waals surface area contributed by atoms with Gasteiger partial charge in [-0.2, -0.15) is 0 Å². The van der Waals surface area contributed by atoms with Gasteiger partial charge in [-0.3, -0.25) is 14.5 Å². The fourth-order valence-electron chi connectivity index (χ4n) is 4.17. The maximum absolute atomic E-state index is 12.9. The molecule has 3 rings (SSSR count). The fourth-order valence-corrected chi connectivity index (χ4v) is 5.94. The van der Waals surface area contributed by atoms with Gasteiger partial charge in [0, 0.05) is 13.1 Å². The van der Waals surface area contributed by atoms with E-state index in [1.807, 2.05) is 6.92 Å². The van der Waals surface area contributed by atoms with Crippen LogP contribution >= 0.6 is 0 Å². The summed E-state index contributed by atoms with van der Waals surface area (Å²) in [5, 5.41) is 2.82. The van der Waals surface area contributed by atoms with Crippen LogP contribution in [0, 0.1) is 5.92 Å². The van der Waals surface area contributed by atoms with Crippen LogP contribution in [0.15, 0.2) is 0 Å². The molecule has 25 heavy (non-hydrogen) atoms. The topological polar surface area (TPSA) is 104 Å². The first-order valence-electron chi connectivity index (χ1n) is 8.76. The quantitative estimate of drug-likeness (QED) is 0.711. The second-order valence-corrected chi connectivity index (χ2v) is 9.73. The molecule has 4 amide bonds. The second kappa shape index (κ2) is 6.26. The highest BCUT2D eigenvalue weighted by atomic mass is 32.2. The maximum atomic E-state index is 12.9. The van der Waals surface area contributed by atoms with Crippen LogP contribution in [0.2, 0.25) is 0 Å². The Morgan fingerprint density at radius 2 is 2.04 bits per heavy atom. The molecule has 0 aromatic rings. The first-order chi connectivity index (χ1) is 11.7. The number of sulfone groups is 1. The molecular formula is C16H25N3O5S. The fraction of sp³-hybridized carbons (Fsp3) is 0.812. The maximum Gasteiger partial charge on any atom is 0.325 e. The largest absolute Gasteiger partial charge is 0.340 e. The van der Waals surface area contributed by atoms with Gasteiger partial charge in [0.25, 0.3) is 5.91 Å². The van der Waals surface area contributed by atoms with E-state index in [4.69, 9.17) is 0 Å². The van der Waals surface area contributed by atoms with E-state index in [9.17, 15) is 22.8 Å². The summed E-state index contributed by atoms with van der Waals surface area (Å²) in [5.41, 5.74) is -0.884. The minimum absolute atomic E-state index is 0.0375. The number of imide groups is 1. The summed E-state index contributed by atoms with van der Waals surface area (Å²) in [6.07, 6.45) is 3.77. The van der Waals surface area contributed by atoms with E-state index in [1.165, 1.54) is 11.9 Å². The number of nitrogens with zero attached hydrogens (tertiary/aromatic N) is 2. The third kappa shape index (κ3) is 3.14. The van der Waals surface area contributed by atoms with Crippen LogP contribution in [0.5, 0.6) is 0 Å². The van der Waals surface area contributed by atoms with Crippen LogP contribution in [-0.4, -0.2) is 72.7 Å². The van der Waals surface area contributed by atoms with Crippen LogP contribution in [0.25, 0.3) is 0 Å². The molecule has 0 aromatic carbocycles. The summed E-state index contributed by atoms with van der Waals surface area (Å²) < 4.78 is 23.2. The standard InChI is InChI=1S/C16H25N3O5S/c1-11-5-3-4-7-16(11)14(21)19(15(22)17-16)9-13(20)18(2)12-6-8-25(23,24)10-12/h11-12H,3-10H2,1-2H3,(H,17,22)/t11-,12-,16-/m1/s1. The molecule has 0 unspecified atom stereocenters. The zero-order chi connectivity index (χ0) is 18.4. The molecule has 9 heteroatoms. The molecule has 1 spiro atoms. The molecule has 1 N–H and O–H groups in total. The Hall–Kier alpha value is -1.64. The average Bonchev–Trinajstić information content (AvgIpc) is 3.02. The average molecular weight is 371 g/mol. The molecule has 3 atom stereocenters. The summed E-state index contributed by atoms with van der Waals surface area (Å²) in [6.45, 7) is 1.62. The summed E-state index contributed by atoms with van der Waals surface area (Å²) in [7, 11) is -1.57. The van der Waals surface area contributed by atoms with Gasteiger partial charge >= 0.3 is 6.03 Å². The number of hydrogen-bond donors (Lipinski definition) is 1. The minimum atomic E-state index is -3.11. The van der Waals surface area contributed by atoms with Crippen molar-refractivity contribution < 1.29 is 22.8 Å². The van der Waals surface area contributed by atoms with Gasteiger partial charge in [0.05, 0.1) is 11.5 Å². The van der Waals surface area contributed by atoms with Crippen molar-refractivity contribution in [2.75, 3.05) is 25.1 Å². The van der Waals surface area contributed by atoms with Crippen LogP contribution in [0.3, 0.4) is 0 Å². The first kappa shape index (κ1) is 18.2. The molecule has 140 valence electrons. The highest BCUT2D eigenvalue weighted by Crippen LogP contribution is 2.38. The number of urea groups is 1. The molecule has 0 radical (unpaired) electrons. The van der Waals surface area contributed by atoms with Gasteiger partial charge in [-0.05, 0) is 25.2 Å². The summed E-state index contributed by atoms with van der Waals surface area (Å²) in [4.78, 5) is 40.0. The Bertz CT molecular complexity index is 707. The molecule has 1 saturated carbocycles. The van der Waals surface area contributed by atoms with Gasteiger partial charge in [-0.25, -0.2) is 13.2 Å². The molecule has 1 aliphatic carbocycles. The third-order valence-corrected chi connectivity index (χ3v) is 7.69. The van der Waals surface area contributed by atoms with Gasteiger partial charge in [0.1, 0.15) is 12.1 Å². The zero-order valence-electron chi connectivity index (χ0n) is 14.7. The molecule has 3 fully saturated rings. The lowest BCUT2D eigenvalue weighted by Crippen LogP contribution is -2.54. The first-order valence-corrected chi connectivity index (χ1v) is 10.6. The number of nitrogens with one attached hydrogen (secondary N) is 1. The van der Waals surface area contributed by atoms with Crippen LogP contribution < -0.4 is 5.32 Å². The Morgan fingerprint density at radius 1 is 1.32 bits per heavy atom. The highest BCUT2D eigenvalue weighted by molar-refractivity contribution is 7.91. The van der Waals surface area contributed by atoms with Crippen molar-refractivity contribution in [1.82, 2.24) is 15.1 Å². The number of likely N-dealkylation sites (N-methyl/N-ethyl adjacent to an activating group) is 1. The van der Waals surface area contributed by atoms with Crippen molar-refractivity contribution >= 4 is 27.7 Å². The van der Waals surface area contributed by atoms with Crippen molar-refractivity contribution in [1.29, 1.82) is 0 Å². The molecule has 3 aliphatic rings. The molecule has 8 nitrogen and oxygen atoms in total. The van der Waals surface area contributed by atoms with E-state index >= 15 is 0 Å². The van der Waals surface area contributed by atoms with Crippen molar-refractivity contribution in [3.8, 4) is 0 Å². The van der Waals surface area contributed by atoms with E-state index in [0.717, 1.165) is 24.2 Å². The molecule has 2 heterocycles. The molecule has 2 aliphatic heterocycles. The van der Waals surface area contributed by atoms with Crippen molar-refractivity contribution in [2.24, 2.45) is 5.92 Å². The van der Waals surface area contributed by atoms with Gasteiger partial charge in [0.15, 0.2) is 9.84 Å². The lowest BCUT2D eigenvalue weighted by Gasteiger charge is -2.36. The number of carbonyl (C=O) groups excluding carboxylic acids is 3. The van der Waals surface area contributed by atoms with Gasteiger partial charge < -0.3 is 10.2 Å². The number of amides is 4. The highest BCUT2D eigenvalue weighted by Gasteiger charge is 2.55. The molecular weight excluding hydrogens is 346 g/mol. The smallest absolute Gasteiger partial charge is 0.325 e. The van der Waals surface area contributed by atoms with Gasteiger partial charge in [-0.15, -0.1) is 0 Å². The Balaban J connectivity index is 1.69. The van der Waals surface area contributed by atoms with E-state index in [0.29, 0.717) is 12.8 Å². The summed E-state index contributed by atoms with van der Waals surface area (Å²) in [5.74, 6) is -0.692. The number of hydrogen-bond acceptors (Lipinski definition) is 5. The minimum Gasteiger partial charge on any atom is -0.340 e. The normalized spacial score (nSPS) is 34.4. The summed E-state index contributed by atoms with van der Waals surface area (Å²) >= 11 is 0. The van der Waals surface area contributed by atoms with Gasteiger partial charge in [0.2, 0.25) is 5.91 Å². The lowest BCUT2D eigenvalue weighted by atomic mass is 9.73. The van der Waals surface area contributed by atoms with Crippen molar-refractivity contribution in [2.45, 2.75) is 50.6 Å².